The molecular formula is C20H24N2O7S. The molecule has 1 aromatic carbocycles. The van der Waals surface area contributed by atoms with E-state index in [1.165, 1.54) is 36.4 Å². The average Bonchev–Trinajstić information content (AvgIpc) is 2.71. The molecule has 0 aliphatic carbocycles. The molecule has 0 bridgehead atoms. The number of nitrogens with one attached hydrogen (secondary N) is 1. The number of rotatable bonds is 8. The van der Waals surface area contributed by atoms with Gasteiger partial charge in [-0.25, -0.2) is 13.2 Å². The molecule has 1 saturated heterocycles. The topological polar surface area (TPSA) is 134 Å². The Morgan fingerprint density at radius 2 is 1.80 bits per heavy atom. The summed E-state index contributed by atoms with van der Waals surface area (Å²) < 4.78 is 36.6. The lowest BCUT2D eigenvalue weighted by atomic mass is 10.1. The predicted molar refractivity (Wildman–Crippen MR) is 110 cm³/mol. The molecule has 10 heteroatoms. The second-order valence-corrected chi connectivity index (χ2v) is 8.47. The van der Waals surface area contributed by atoms with E-state index in [-0.39, 0.29) is 16.2 Å². The lowest BCUT2D eigenvalue weighted by Crippen LogP contribution is -2.40. The van der Waals surface area contributed by atoms with E-state index in [4.69, 9.17) is 14.9 Å². The van der Waals surface area contributed by atoms with Crippen molar-refractivity contribution in [1.82, 2.24) is 4.31 Å². The SMILES string of the molecule is CC(=N)/C(C(C)=O)=C(/O)COC(=O)/C=C/c1ccc(S(=O)(=O)N2CCOCC2)cc1. The lowest BCUT2D eigenvalue weighted by molar-refractivity contribution is -0.137. The van der Waals surface area contributed by atoms with Crippen molar-refractivity contribution in [3.63, 3.8) is 0 Å². The number of aliphatic hydroxyl groups excluding tert-OH is 1. The van der Waals surface area contributed by atoms with Crippen molar-refractivity contribution in [2.45, 2.75) is 18.7 Å². The fourth-order valence-electron chi connectivity index (χ4n) is 2.79. The van der Waals surface area contributed by atoms with Crippen molar-refractivity contribution in [2.75, 3.05) is 32.9 Å². The first-order valence-electron chi connectivity index (χ1n) is 9.14. The van der Waals surface area contributed by atoms with Gasteiger partial charge in [-0.15, -0.1) is 0 Å². The molecule has 0 radical (unpaired) electrons. The van der Waals surface area contributed by atoms with Gasteiger partial charge < -0.3 is 20.0 Å². The second-order valence-electron chi connectivity index (χ2n) is 6.53. The van der Waals surface area contributed by atoms with Crippen molar-refractivity contribution in [1.29, 1.82) is 5.41 Å². The van der Waals surface area contributed by atoms with Gasteiger partial charge in [0.2, 0.25) is 10.0 Å². The minimum Gasteiger partial charge on any atom is -0.508 e. The Balaban J connectivity index is 1.99. The van der Waals surface area contributed by atoms with Crippen LogP contribution in [0.1, 0.15) is 19.4 Å². The van der Waals surface area contributed by atoms with Crippen LogP contribution < -0.4 is 0 Å². The Morgan fingerprint density at radius 1 is 1.20 bits per heavy atom. The maximum atomic E-state index is 12.6. The van der Waals surface area contributed by atoms with Crippen molar-refractivity contribution in [3.05, 3.63) is 47.2 Å². The third-order valence-electron chi connectivity index (χ3n) is 4.27. The third-order valence-corrected chi connectivity index (χ3v) is 6.18. The number of benzene rings is 1. The first kappa shape index (κ1) is 23.5. The first-order chi connectivity index (χ1) is 14.1. The predicted octanol–water partition coefficient (Wildman–Crippen LogP) is 1.70. The zero-order valence-corrected chi connectivity index (χ0v) is 17.6. The van der Waals surface area contributed by atoms with Gasteiger partial charge in [-0.05, 0) is 37.6 Å². The molecule has 2 rings (SSSR count). The number of nitrogens with zero attached hydrogens (tertiary/aromatic N) is 1. The zero-order chi connectivity index (χ0) is 22.3. The number of carbonyl (C=O) groups excluding carboxylic acids is 2. The smallest absolute Gasteiger partial charge is 0.331 e. The van der Waals surface area contributed by atoms with Crippen molar-refractivity contribution < 1.29 is 32.6 Å². The summed E-state index contributed by atoms with van der Waals surface area (Å²) in [5.74, 6) is -1.76. The highest BCUT2D eigenvalue weighted by Crippen LogP contribution is 2.18. The molecule has 2 N–H and O–H groups in total. The Bertz CT molecular complexity index is 957. The van der Waals surface area contributed by atoms with Crippen LogP contribution in [0.3, 0.4) is 0 Å². The van der Waals surface area contributed by atoms with Gasteiger partial charge in [0.05, 0.1) is 23.7 Å². The molecule has 162 valence electrons. The van der Waals surface area contributed by atoms with Gasteiger partial charge in [0.15, 0.2) is 5.78 Å². The second kappa shape index (κ2) is 10.3. The van der Waals surface area contributed by atoms with Crippen LogP contribution in [0.2, 0.25) is 0 Å². The van der Waals surface area contributed by atoms with E-state index in [0.717, 1.165) is 6.08 Å². The summed E-state index contributed by atoms with van der Waals surface area (Å²) >= 11 is 0. The number of aliphatic hydroxyl groups is 1. The quantitative estimate of drug-likeness (QED) is 0.274. The molecule has 0 saturated carbocycles. The number of esters is 1. The molecule has 30 heavy (non-hydrogen) atoms. The standard InChI is InChI=1S/C20H24N2O7S/c1-14(21)20(15(2)23)18(24)13-29-19(25)8-5-16-3-6-17(7-4-16)30(26,27)22-9-11-28-12-10-22/h3-8,21,24H,9-13H2,1-2H3/b8-5+,20-18-,21-14?. The maximum absolute atomic E-state index is 12.6. The van der Waals surface area contributed by atoms with Crippen LogP contribution in [0.4, 0.5) is 0 Å². The summed E-state index contributed by atoms with van der Waals surface area (Å²) in [6.45, 7) is 3.34. The Kier molecular flexibility index (Phi) is 8.04. The number of allylic oxidation sites excluding steroid dienone is 1. The molecule has 1 aliphatic rings. The molecule has 1 aliphatic heterocycles. The highest BCUT2D eigenvalue weighted by molar-refractivity contribution is 7.89. The van der Waals surface area contributed by atoms with Crippen molar-refractivity contribution >= 4 is 33.6 Å². The minimum atomic E-state index is -3.59. The first-order valence-corrected chi connectivity index (χ1v) is 10.6. The Labute approximate surface area is 175 Å². The van der Waals surface area contributed by atoms with Crippen LogP contribution in [0, 0.1) is 5.41 Å². The van der Waals surface area contributed by atoms with E-state index in [1.807, 2.05) is 0 Å². The molecule has 1 heterocycles. The van der Waals surface area contributed by atoms with Gasteiger partial charge in [-0.3, -0.25) is 4.79 Å². The molecule has 9 nitrogen and oxygen atoms in total. The van der Waals surface area contributed by atoms with E-state index in [9.17, 15) is 23.1 Å². The number of hydrogen-bond acceptors (Lipinski definition) is 8. The Morgan fingerprint density at radius 3 is 2.33 bits per heavy atom. The van der Waals surface area contributed by atoms with Crippen LogP contribution in [-0.2, 0) is 29.1 Å². The van der Waals surface area contributed by atoms with Gasteiger partial charge in [-0.2, -0.15) is 4.31 Å². The number of hydrogen-bond donors (Lipinski definition) is 2. The van der Waals surface area contributed by atoms with Gasteiger partial charge in [-0.1, -0.05) is 12.1 Å². The van der Waals surface area contributed by atoms with Crippen molar-refractivity contribution in [2.24, 2.45) is 0 Å². The van der Waals surface area contributed by atoms with Crippen LogP contribution in [0.15, 0.2) is 46.6 Å². The lowest BCUT2D eigenvalue weighted by Gasteiger charge is -2.26. The summed E-state index contributed by atoms with van der Waals surface area (Å²) in [4.78, 5) is 23.4. The number of Topliss-reactive ketones (excluding diaryl/α,β-unsaturated/α-hetero) is 1. The molecule has 1 aromatic rings. The molecule has 0 amide bonds. The number of morpholine rings is 1. The van der Waals surface area contributed by atoms with Crippen LogP contribution in [-0.4, -0.2) is 68.2 Å². The fourth-order valence-corrected chi connectivity index (χ4v) is 4.20. The summed E-state index contributed by atoms with van der Waals surface area (Å²) in [6.07, 6.45) is 2.55. The van der Waals surface area contributed by atoms with Gasteiger partial charge in [0.1, 0.15) is 12.4 Å². The van der Waals surface area contributed by atoms with E-state index < -0.39 is 34.1 Å². The number of carbonyl (C=O) groups is 2. The molecule has 0 aromatic heterocycles. The number of ether oxygens (including phenoxy) is 2. The molecule has 0 atom stereocenters. The van der Waals surface area contributed by atoms with E-state index in [1.54, 1.807) is 12.1 Å². The van der Waals surface area contributed by atoms with Crippen LogP contribution >= 0.6 is 0 Å². The normalized spacial score (nSPS) is 16.2. The van der Waals surface area contributed by atoms with Crippen LogP contribution in [0.25, 0.3) is 6.08 Å². The third kappa shape index (κ3) is 6.09. The van der Waals surface area contributed by atoms with Crippen LogP contribution in [0.5, 0.6) is 0 Å². The molecular weight excluding hydrogens is 412 g/mol. The maximum Gasteiger partial charge on any atom is 0.331 e. The Hall–Kier alpha value is -2.82. The van der Waals surface area contributed by atoms with Crippen molar-refractivity contribution in [3.8, 4) is 0 Å². The summed E-state index contributed by atoms with van der Waals surface area (Å²) in [5, 5.41) is 17.3. The molecule has 0 spiro atoms. The summed E-state index contributed by atoms with van der Waals surface area (Å²) in [5.41, 5.74) is 0.259. The summed E-state index contributed by atoms with van der Waals surface area (Å²) in [7, 11) is -3.59. The number of ketones is 1. The average molecular weight is 436 g/mol. The van der Waals surface area contributed by atoms with Gasteiger partial charge in [0, 0.05) is 24.9 Å². The largest absolute Gasteiger partial charge is 0.508 e. The van der Waals surface area contributed by atoms with E-state index in [0.29, 0.717) is 31.9 Å². The monoisotopic (exact) mass is 436 g/mol. The highest BCUT2D eigenvalue weighted by Gasteiger charge is 2.26. The summed E-state index contributed by atoms with van der Waals surface area (Å²) in [6, 6.07) is 6.02. The van der Waals surface area contributed by atoms with E-state index in [2.05, 4.69) is 0 Å². The molecule has 1 fully saturated rings. The highest BCUT2D eigenvalue weighted by atomic mass is 32.2. The molecule has 0 unspecified atom stereocenters. The minimum absolute atomic E-state index is 0.126. The van der Waals surface area contributed by atoms with E-state index >= 15 is 0 Å². The van der Waals surface area contributed by atoms with Gasteiger partial charge >= 0.3 is 5.97 Å². The number of sulfonamides is 1. The zero-order valence-electron chi connectivity index (χ0n) is 16.8. The van der Waals surface area contributed by atoms with Gasteiger partial charge in [0.25, 0.3) is 0 Å². The fraction of sp³-hybridized carbons (Fsp3) is 0.350.